The molecule has 0 aromatic heterocycles. The third-order valence-corrected chi connectivity index (χ3v) is 6.31. The van der Waals surface area contributed by atoms with Crippen LogP contribution in [0.15, 0.2) is 48.1 Å². The summed E-state index contributed by atoms with van der Waals surface area (Å²) in [6.07, 6.45) is 8.32. The van der Waals surface area contributed by atoms with Crippen LogP contribution >= 0.6 is 0 Å². The molecule has 0 spiro atoms. The zero-order valence-electron chi connectivity index (χ0n) is 22.5. The van der Waals surface area contributed by atoms with E-state index in [0.717, 1.165) is 12.2 Å². The van der Waals surface area contributed by atoms with Crippen LogP contribution in [0.5, 0.6) is 0 Å². The van der Waals surface area contributed by atoms with Gasteiger partial charge in [0.15, 0.2) is 0 Å². The third-order valence-electron chi connectivity index (χ3n) is 5.16. The van der Waals surface area contributed by atoms with Crippen molar-refractivity contribution in [1.29, 1.82) is 0 Å². The molecule has 1 unspecified atom stereocenters. The van der Waals surface area contributed by atoms with Crippen LogP contribution < -0.4 is 59.1 Å². The minimum absolute atomic E-state index is 0. The summed E-state index contributed by atoms with van der Waals surface area (Å²) < 4.78 is 66.4. The quantitative estimate of drug-likeness (QED) is 0.0546. The summed E-state index contributed by atoms with van der Waals surface area (Å²) in [6, 6.07) is -2.48. The molecule has 16 nitrogen and oxygen atoms in total. The SMILES string of the molecule is CCN1C(=O)\C(=C/C=C/C=C/C=C/C2C(=O)N(CC)C(=O)N(CS(=O)(=O)[O-])C2=O)C(=O)N(CS(=O)(=O)[O-])C1=O.[Na+].[Na+]. The van der Waals surface area contributed by atoms with Gasteiger partial charge in [-0.25, -0.2) is 36.2 Å². The fourth-order valence-corrected chi connectivity index (χ4v) is 4.52. The first kappa shape index (κ1) is 39.0. The number of barbiturate groups is 2. The van der Waals surface area contributed by atoms with Gasteiger partial charge < -0.3 is 9.11 Å². The molecule has 2 fully saturated rings. The molecule has 20 heteroatoms. The van der Waals surface area contributed by atoms with Gasteiger partial charge in [-0.2, -0.15) is 0 Å². The molecule has 0 radical (unpaired) electrons. The first-order chi connectivity index (χ1) is 18.0. The topological polar surface area (TPSA) is 230 Å². The summed E-state index contributed by atoms with van der Waals surface area (Å²) in [6.45, 7) is 2.42. The van der Waals surface area contributed by atoms with E-state index in [0.29, 0.717) is 9.80 Å². The summed E-state index contributed by atoms with van der Waals surface area (Å²) in [5, 5.41) is 0. The summed E-state index contributed by atoms with van der Waals surface area (Å²) in [5.74, 6) is -8.90. The van der Waals surface area contributed by atoms with E-state index in [4.69, 9.17) is 0 Å². The number of hydrogen-bond donors (Lipinski definition) is 0. The normalized spacial score (nSPS) is 20.2. The van der Waals surface area contributed by atoms with Crippen LogP contribution in [-0.4, -0.2) is 106 Å². The molecule has 2 rings (SSSR count). The van der Waals surface area contributed by atoms with Gasteiger partial charge in [0.05, 0.1) is 0 Å². The van der Waals surface area contributed by atoms with Gasteiger partial charge in [0.2, 0.25) is 11.8 Å². The summed E-state index contributed by atoms with van der Waals surface area (Å²) in [7, 11) is -10.0. The average Bonchev–Trinajstić information content (AvgIpc) is 2.82. The average molecular weight is 633 g/mol. The van der Waals surface area contributed by atoms with E-state index in [9.17, 15) is 54.7 Å². The van der Waals surface area contributed by atoms with Crippen molar-refractivity contribution in [2.75, 3.05) is 24.8 Å². The summed E-state index contributed by atoms with van der Waals surface area (Å²) in [4.78, 5) is 75.7. The Bertz CT molecular complexity index is 1440. The van der Waals surface area contributed by atoms with Crippen molar-refractivity contribution in [3.05, 3.63) is 48.1 Å². The van der Waals surface area contributed by atoms with E-state index in [-0.39, 0.29) is 82.0 Å². The van der Waals surface area contributed by atoms with Gasteiger partial charge in [-0.3, -0.25) is 29.0 Å². The number of likely N-dealkylation sites (N-methyl/N-ethyl adjacent to an activating group) is 1. The Morgan fingerprint density at radius 2 is 1.05 bits per heavy atom. The van der Waals surface area contributed by atoms with Crippen molar-refractivity contribution >= 4 is 55.9 Å². The number of carbonyl (C=O) groups is 6. The zero-order chi connectivity index (χ0) is 29.7. The maximum atomic E-state index is 12.5. The molecule has 2 saturated heterocycles. The molecule has 2 aliphatic rings. The van der Waals surface area contributed by atoms with E-state index < -0.39 is 79.2 Å². The minimum atomic E-state index is -5.02. The molecule has 0 bridgehead atoms. The molecule has 212 valence electrons. The monoisotopic (exact) mass is 632 g/mol. The van der Waals surface area contributed by atoms with E-state index in [2.05, 4.69) is 0 Å². The van der Waals surface area contributed by atoms with Crippen molar-refractivity contribution in [3.63, 3.8) is 0 Å². The number of imide groups is 4. The number of nitrogens with zero attached hydrogens (tertiary/aromatic N) is 4. The fourth-order valence-electron chi connectivity index (χ4n) is 3.42. The second kappa shape index (κ2) is 16.0. The Morgan fingerprint density at radius 3 is 1.56 bits per heavy atom. The molecule has 1 atom stereocenters. The number of carbonyl (C=O) groups excluding carboxylic acids is 6. The van der Waals surface area contributed by atoms with Gasteiger partial charge >= 0.3 is 71.2 Å². The fraction of sp³-hybridized carbons (Fsp3) is 0.333. The number of allylic oxidation sites excluding steroid dienone is 6. The van der Waals surface area contributed by atoms with E-state index in [1.165, 1.54) is 44.2 Å². The number of urea groups is 2. The number of rotatable bonds is 10. The summed E-state index contributed by atoms with van der Waals surface area (Å²) in [5.41, 5.74) is -0.587. The molecular weight excluding hydrogens is 610 g/mol. The molecule has 0 aliphatic carbocycles. The molecule has 2 heterocycles. The predicted octanol–water partition coefficient (Wildman–Crippen LogP) is -7.17. The van der Waals surface area contributed by atoms with Gasteiger partial charge in [-0.15, -0.1) is 0 Å². The van der Waals surface area contributed by atoms with Crippen LogP contribution in [0.3, 0.4) is 0 Å². The van der Waals surface area contributed by atoms with E-state index >= 15 is 0 Å². The standard InChI is InChI=1S/C21H24N4O12S2.2Na/c1-3-22-16(26)14(18(28)24(20(22)30)12-38(32,33)34)10-8-6-5-7-9-11-15-17(27)23(4-2)21(31)25(19(15)29)13-39(35,36)37;;/h5-11,14H,3-4,12-13H2,1-2H3,(H,32,33,34)(H,35,36,37);;/q;2*+1/p-2/b6-5+,9-7+,10-8+,15-11+;;. The van der Waals surface area contributed by atoms with Gasteiger partial charge in [0.25, 0.3) is 11.8 Å². The number of hydrogen-bond acceptors (Lipinski definition) is 12. The third kappa shape index (κ3) is 10.1. The molecule has 2 aliphatic heterocycles. The Balaban J connectivity index is 0.00000800. The molecule has 41 heavy (non-hydrogen) atoms. The minimum Gasteiger partial charge on any atom is -0.747 e. The number of amides is 8. The van der Waals surface area contributed by atoms with E-state index in [1.54, 1.807) is 0 Å². The first-order valence-electron chi connectivity index (χ1n) is 11.0. The zero-order valence-corrected chi connectivity index (χ0v) is 28.1. The van der Waals surface area contributed by atoms with E-state index in [1.807, 2.05) is 0 Å². The molecular formula is C21H22N4Na2O12S2. The van der Waals surface area contributed by atoms with Crippen LogP contribution in [0.2, 0.25) is 0 Å². The first-order valence-corrected chi connectivity index (χ1v) is 14.1. The predicted molar refractivity (Wildman–Crippen MR) is 127 cm³/mol. The Morgan fingerprint density at radius 1 is 0.634 bits per heavy atom. The second-order valence-electron chi connectivity index (χ2n) is 7.78. The Labute approximate surface area is 279 Å². The largest absolute Gasteiger partial charge is 1.00 e. The smallest absolute Gasteiger partial charge is 0.747 e. The molecule has 8 amide bonds. The van der Waals surface area contributed by atoms with Crippen LogP contribution in [0.1, 0.15) is 13.8 Å². The van der Waals surface area contributed by atoms with Gasteiger partial charge in [0, 0.05) is 13.1 Å². The molecule has 0 aromatic carbocycles. The van der Waals surface area contributed by atoms with Crippen LogP contribution in [-0.2, 0) is 39.4 Å². The molecule has 0 saturated carbocycles. The van der Waals surface area contributed by atoms with Crippen molar-refractivity contribution in [2.45, 2.75) is 13.8 Å². The van der Waals surface area contributed by atoms with Crippen LogP contribution in [0.4, 0.5) is 9.59 Å². The summed E-state index contributed by atoms with van der Waals surface area (Å²) >= 11 is 0. The van der Waals surface area contributed by atoms with Crippen LogP contribution in [0.25, 0.3) is 0 Å². The van der Waals surface area contributed by atoms with Gasteiger partial charge in [0.1, 0.15) is 43.5 Å². The van der Waals surface area contributed by atoms with Gasteiger partial charge in [-0.1, -0.05) is 36.5 Å². The molecule has 0 aromatic rings. The van der Waals surface area contributed by atoms with Crippen molar-refractivity contribution in [3.8, 4) is 0 Å². The Hall–Kier alpha value is -2.00. The van der Waals surface area contributed by atoms with Crippen molar-refractivity contribution in [1.82, 2.24) is 19.6 Å². The maximum Gasteiger partial charge on any atom is 1.00 e. The second-order valence-corrected chi connectivity index (χ2v) is 10.5. The van der Waals surface area contributed by atoms with Crippen molar-refractivity contribution in [2.24, 2.45) is 5.92 Å². The van der Waals surface area contributed by atoms with Crippen LogP contribution in [0, 0.1) is 5.92 Å². The van der Waals surface area contributed by atoms with Crippen molar-refractivity contribution < 1.29 is 114 Å². The maximum absolute atomic E-state index is 12.5. The Kier molecular flexibility index (Phi) is 15.2. The molecule has 0 N–H and O–H groups in total. The van der Waals surface area contributed by atoms with Gasteiger partial charge in [-0.05, 0) is 19.9 Å².